The van der Waals surface area contributed by atoms with Crippen molar-refractivity contribution in [2.24, 2.45) is 0 Å². The fraction of sp³-hybridized carbons (Fsp3) is 0.797. The number of ether oxygens (including phenoxy) is 3. The van der Waals surface area contributed by atoms with Crippen LogP contribution in [0.5, 0.6) is 0 Å². The fourth-order valence-electron chi connectivity index (χ4n) is 8.72. The lowest BCUT2D eigenvalue weighted by molar-refractivity contribution is -0.167. The molecule has 0 rings (SSSR count). The van der Waals surface area contributed by atoms with E-state index in [1.165, 1.54) is 180 Å². The zero-order valence-corrected chi connectivity index (χ0v) is 46.5. The summed E-state index contributed by atoms with van der Waals surface area (Å²) in [4.78, 5) is 38.0. The van der Waals surface area contributed by atoms with Crippen molar-refractivity contribution < 1.29 is 28.6 Å². The van der Waals surface area contributed by atoms with E-state index in [0.29, 0.717) is 19.3 Å². The van der Waals surface area contributed by atoms with Crippen molar-refractivity contribution in [1.29, 1.82) is 0 Å². The van der Waals surface area contributed by atoms with Gasteiger partial charge in [-0.05, 0) is 83.5 Å². The van der Waals surface area contributed by atoms with Gasteiger partial charge in [-0.25, -0.2) is 0 Å². The number of allylic oxidation sites excluding steroid dienone is 10. The van der Waals surface area contributed by atoms with Crippen LogP contribution in [0.3, 0.4) is 0 Å². The van der Waals surface area contributed by atoms with Gasteiger partial charge in [-0.15, -0.1) is 0 Å². The van der Waals surface area contributed by atoms with Crippen molar-refractivity contribution in [3.8, 4) is 0 Å². The second kappa shape index (κ2) is 58.7. The molecule has 0 aromatic heterocycles. The van der Waals surface area contributed by atoms with Gasteiger partial charge in [-0.1, -0.05) is 268 Å². The van der Waals surface area contributed by atoms with E-state index in [-0.39, 0.29) is 31.1 Å². The van der Waals surface area contributed by atoms with Crippen LogP contribution in [0.4, 0.5) is 0 Å². The van der Waals surface area contributed by atoms with Gasteiger partial charge in [0.05, 0.1) is 0 Å². The second-order valence-electron chi connectivity index (χ2n) is 20.2. The van der Waals surface area contributed by atoms with E-state index in [0.717, 1.165) is 89.9 Å². The SMILES string of the molecule is CC/C=C\C/C=C\C/C=C\CCCCCCCCCC(=O)OC(COC(=O)CCCCCCCCCC)COC(=O)CCCCCCCCCCCCCCCCC/C=C\C/C=C\CCCCCCC. The van der Waals surface area contributed by atoms with E-state index in [2.05, 4.69) is 81.5 Å². The zero-order valence-electron chi connectivity index (χ0n) is 46.5. The smallest absolute Gasteiger partial charge is 0.306 e. The average Bonchev–Trinajstić information content (AvgIpc) is 3.36. The number of carbonyl (C=O) groups is 3. The minimum Gasteiger partial charge on any atom is -0.462 e. The first kappa shape index (κ1) is 67.1. The van der Waals surface area contributed by atoms with Crippen LogP contribution < -0.4 is 0 Å². The molecule has 6 heteroatoms. The van der Waals surface area contributed by atoms with Crippen LogP contribution in [0.15, 0.2) is 60.8 Å². The Morgan fingerprint density at radius 3 is 0.871 bits per heavy atom. The number of hydrogen-bond acceptors (Lipinski definition) is 6. The third-order valence-corrected chi connectivity index (χ3v) is 13.3. The highest BCUT2D eigenvalue weighted by molar-refractivity contribution is 5.71. The number of carbonyl (C=O) groups excluding carboxylic acids is 3. The summed E-state index contributed by atoms with van der Waals surface area (Å²) in [6.07, 6.45) is 73.8. The fourth-order valence-corrected chi connectivity index (χ4v) is 8.72. The van der Waals surface area contributed by atoms with Crippen LogP contribution in [0.2, 0.25) is 0 Å². The van der Waals surface area contributed by atoms with E-state index in [9.17, 15) is 14.4 Å². The van der Waals surface area contributed by atoms with Crippen LogP contribution in [0.25, 0.3) is 0 Å². The molecule has 0 aliphatic carbocycles. The third-order valence-electron chi connectivity index (χ3n) is 13.3. The Bertz CT molecular complexity index is 1260. The largest absolute Gasteiger partial charge is 0.462 e. The highest BCUT2D eigenvalue weighted by atomic mass is 16.6. The van der Waals surface area contributed by atoms with Crippen LogP contribution in [-0.4, -0.2) is 37.2 Å². The lowest BCUT2D eigenvalue weighted by Gasteiger charge is -2.18. The lowest BCUT2D eigenvalue weighted by Crippen LogP contribution is -2.30. The predicted molar refractivity (Wildman–Crippen MR) is 302 cm³/mol. The molecule has 0 aromatic carbocycles. The Balaban J connectivity index is 4.13. The maximum absolute atomic E-state index is 12.8. The van der Waals surface area contributed by atoms with Gasteiger partial charge in [0.2, 0.25) is 0 Å². The molecule has 0 amide bonds. The Labute approximate surface area is 434 Å². The molecule has 0 spiro atoms. The molecule has 0 fully saturated rings. The summed E-state index contributed by atoms with van der Waals surface area (Å²) >= 11 is 0. The molecular formula is C64H114O6. The van der Waals surface area contributed by atoms with Gasteiger partial charge < -0.3 is 14.2 Å². The maximum Gasteiger partial charge on any atom is 0.306 e. The summed E-state index contributed by atoms with van der Waals surface area (Å²) in [5, 5.41) is 0. The highest BCUT2D eigenvalue weighted by Gasteiger charge is 2.19. The van der Waals surface area contributed by atoms with Gasteiger partial charge in [0.1, 0.15) is 13.2 Å². The van der Waals surface area contributed by atoms with Gasteiger partial charge in [0, 0.05) is 19.3 Å². The number of esters is 3. The quantitative estimate of drug-likeness (QED) is 0.0261. The van der Waals surface area contributed by atoms with Gasteiger partial charge in [-0.2, -0.15) is 0 Å². The van der Waals surface area contributed by atoms with E-state index in [1.807, 2.05) is 0 Å². The van der Waals surface area contributed by atoms with E-state index >= 15 is 0 Å². The zero-order chi connectivity index (χ0) is 50.7. The first-order chi connectivity index (χ1) is 34.5. The Kier molecular flexibility index (Phi) is 56.3. The molecule has 0 saturated heterocycles. The summed E-state index contributed by atoms with van der Waals surface area (Å²) in [5.41, 5.74) is 0. The molecule has 0 saturated carbocycles. The normalized spacial score (nSPS) is 12.4. The summed E-state index contributed by atoms with van der Waals surface area (Å²) < 4.78 is 16.8. The molecule has 1 atom stereocenters. The van der Waals surface area contributed by atoms with Gasteiger partial charge in [0.25, 0.3) is 0 Å². The molecule has 70 heavy (non-hydrogen) atoms. The van der Waals surface area contributed by atoms with E-state index in [1.54, 1.807) is 0 Å². The Morgan fingerprint density at radius 1 is 0.300 bits per heavy atom. The van der Waals surface area contributed by atoms with Gasteiger partial charge in [-0.3, -0.25) is 14.4 Å². The van der Waals surface area contributed by atoms with Crippen LogP contribution in [-0.2, 0) is 28.6 Å². The number of unbranched alkanes of at least 4 members (excludes halogenated alkanes) is 34. The molecule has 406 valence electrons. The summed E-state index contributed by atoms with van der Waals surface area (Å²) in [6, 6.07) is 0. The van der Waals surface area contributed by atoms with Crippen molar-refractivity contribution in [3.05, 3.63) is 60.8 Å². The second-order valence-corrected chi connectivity index (χ2v) is 20.2. The monoisotopic (exact) mass is 979 g/mol. The van der Waals surface area contributed by atoms with Gasteiger partial charge in [0.15, 0.2) is 6.10 Å². The molecule has 0 heterocycles. The predicted octanol–water partition coefficient (Wildman–Crippen LogP) is 20.4. The lowest BCUT2D eigenvalue weighted by atomic mass is 10.0. The molecule has 0 radical (unpaired) electrons. The van der Waals surface area contributed by atoms with Gasteiger partial charge >= 0.3 is 17.9 Å². The average molecular weight is 980 g/mol. The van der Waals surface area contributed by atoms with Crippen LogP contribution in [0, 0.1) is 0 Å². The summed E-state index contributed by atoms with van der Waals surface area (Å²) in [5.74, 6) is -0.878. The number of hydrogen-bond donors (Lipinski definition) is 0. The number of rotatable bonds is 55. The topological polar surface area (TPSA) is 78.9 Å². The van der Waals surface area contributed by atoms with E-state index in [4.69, 9.17) is 14.2 Å². The molecule has 6 nitrogen and oxygen atoms in total. The minimum atomic E-state index is -0.776. The minimum absolute atomic E-state index is 0.0756. The van der Waals surface area contributed by atoms with Crippen molar-refractivity contribution in [3.63, 3.8) is 0 Å². The van der Waals surface area contributed by atoms with Crippen LogP contribution >= 0.6 is 0 Å². The Morgan fingerprint density at radius 2 is 0.557 bits per heavy atom. The molecule has 0 aliphatic rings. The van der Waals surface area contributed by atoms with Crippen LogP contribution in [0.1, 0.15) is 310 Å². The van der Waals surface area contributed by atoms with Crippen molar-refractivity contribution in [2.45, 2.75) is 316 Å². The molecule has 0 aliphatic heterocycles. The summed E-state index contributed by atoms with van der Waals surface area (Å²) in [6.45, 7) is 6.51. The first-order valence-corrected chi connectivity index (χ1v) is 30.3. The third kappa shape index (κ3) is 56.0. The summed E-state index contributed by atoms with van der Waals surface area (Å²) in [7, 11) is 0. The molecule has 1 unspecified atom stereocenters. The molecule has 0 N–H and O–H groups in total. The standard InChI is InChI=1S/C64H114O6/c1-4-7-10-13-16-19-21-23-25-27-28-29-30-31-32-33-34-35-36-38-39-41-43-45-48-51-54-57-63(66)69-60-61(59-68-62(65)56-53-50-47-18-15-12-9-6-3)70-64(67)58-55-52-49-46-44-42-40-37-26-24-22-20-17-14-11-8-5-2/h8,11,17,20-21,23-24,26-28,61H,4-7,9-10,12-16,18-19,22,25,29-60H2,1-3H3/b11-8-,20-17-,23-21-,26-24-,28-27-. The molecular weight excluding hydrogens is 865 g/mol. The molecule has 0 bridgehead atoms. The molecule has 0 aromatic rings. The Hall–Kier alpha value is -2.89. The first-order valence-electron chi connectivity index (χ1n) is 30.3. The van der Waals surface area contributed by atoms with Crippen molar-refractivity contribution in [1.82, 2.24) is 0 Å². The van der Waals surface area contributed by atoms with E-state index < -0.39 is 6.10 Å². The highest BCUT2D eigenvalue weighted by Crippen LogP contribution is 2.16. The maximum atomic E-state index is 12.8. The van der Waals surface area contributed by atoms with Crippen molar-refractivity contribution >= 4 is 17.9 Å². The van der Waals surface area contributed by atoms with Crippen molar-refractivity contribution in [2.75, 3.05) is 13.2 Å².